The summed E-state index contributed by atoms with van der Waals surface area (Å²) in [6.45, 7) is 0.406. The molecule has 0 aromatic rings. The van der Waals surface area contributed by atoms with Gasteiger partial charge in [-0.1, -0.05) is 0 Å². The summed E-state index contributed by atoms with van der Waals surface area (Å²) in [4.78, 5) is 11.0. The number of hydrogen-bond donors (Lipinski definition) is 2. The molecule has 0 spiro atoms. The molecule has 11 heavy (non-hydrogen) atoms. The number of rotatable bonds is 2. The number of primary amides is 1. The average molecular weight is 174 g/mol. The van der Waals surface area contributed by atoms with Crippen molar-refractivity contribution in [1.29, 1.82) is 0 Å². The van der Waals surface area contributed by atoms with Crippen molar-refractivity contribution in [2.24, 2.45) is 16.9 Å². The molecule has 1 fully saturated rings. The van der Waals surface area contributed by atoms with Crippen LogP contribution in [0.4, 0.5) is 0 Å². The highest BCUT2D eigenvalue weighted by molar-refractivity contribution is 7.99. The summed E-state index contributed by atoms with van der Waals surface area (Å²) in [6.07, 6.45) is 1.70. The standard InChI is InChI=1S/C7H14N2OS/c8-5-7(6(9)10)1-3-11-4-2-7/h1-5,8H2,(H2,9,10). The lowest BCUT2D eigenvalue weighted by Gasteiger charge is -2.32. The number of thioether (sulfide) groups is 1. The van der Waals surface area contributed by atoms with Gasteiger partial charge in [0.2, 0.25) is 5.91 Å². The summed E-state index contributed by atoms with van der Waals surface area (Å²) >= 11 is 1.87. The molecular weight excluding hydrogens is 160 g/mol. The van der Waals surface area contributed by atoms with Crippen molar-refractivity contribution >= 4 is 17.7 Å². The van der Waals surface area contributed by atoms with Crippen LogP contribution in [0.5, 0.6) is 0 Å². The fourth-order valence-corrected chi connectivity index (χ4v) is 2.59. The van der Waals surface area contributed by atoms with Gasteiger partial charge in [-0.05, 0) is 24.3 Å². The van der Waals surface area contributed by atoms with E-state index in [-0.39, 0.29) is 11.3 Å². The lowest BCUT2D eigenvalue weighted by molar-refractivity contribution is -0.127. The smallest absolute Gasteiger partial charge is 0.224 e. The van der Waals surface area contributed by atoms with Gasteiger partial charge in [-0.2, -0.15) is 11.8 Å². The van der Waals surface area contributed by atoms with E-state index in [0.29, 0.717) is 6.54 Å². The number of carbonyl (C=O) groups excluding carboxylic acids is 1. The fourth-order valence-electron chi connectivity index (χ4n) is 1.31. The minimum atomic E-state index is -0.384. The zero-order chi connectivity index (χ0) is 8.32. The van der Waals surface area contributed by atoms with Gasteiger partial charge in [0, 0.05) is 6.54 Å². The second kappa shape index (κ2) is 3.45. The predicted octanol–water partition coefficient (Wildman–Crippen LogP) is -0.0562. The Balaban J connectivity index is 2.64. The molecule has 1 aliphatic rings. The quantitative estimate of drug-likeness (QED) is 0.616. The van der Waals surface area contributed by atoms with Crippen molar-refractivity contribution in [3.63, 3.8) is 0 Å². The zero-order valence-corrected chi connectivity index (χ0v) is 7.32. The van der Waals surface area contributed by atoms with E-state index in [1.807, 2.05) is 11.8 Å². The van der Waals surface area contributed by atoms with E-state index in [0.717, 1.165) is 24.3 Å². The second-order valence-corrected chi connectivity index (χ2v) is 4.19. The molecule has 0 unspecified atom stereocenters. The normalized spacial score (nSPS) is 23.0. The largest absolute Gasteiger partial charge is 0.369 e. The van der Waals surface area contributed by atoms with Crippen molar-refractivity contribution in [1.82, 2.24) is 0 Å². The topological polar surface area (TPSA) is 69.1 Å². The molecule has 3 nitrogen and oxygen atoms in total. The Bertz CT molecular complexity index is 155. The molecule has 0 bridgehead atoms. The fraction of sp³-hybridized carbons (Fsp3) is 0.857. The molecule has 0 atom stereocenters. The van der Waals surface area contributed by atoms with Crippen molar-refractivity contribution in [2.75, 3.05) is 18.1 Å². The number of nitrogens with two attached hydrogens (primary N) is 2. The van der Waals surface area contributed by atoms with Crippen LogP contribution in [0.15, 0.2) is 0 Å². The molecule has 1 saturated heterocycles. The molecule has 64 valence electrons. The van der Waals surface area contributed by atoms with Gasteiger partial charge in [0.05, 0.1) is 5.41 Å². The molecule has 0 radical (unpaired) electrons. The molecule has 0 aromatic carbocycles. The van der Waals surface area contributed by atoms with Crippen molar-refractivity contribution in [2.45, 2.75) is 12.8 Å². The van der Waals surface area contributed by atoms with Gasteiger partial charge in [-0.3, -0.25) is 4.79 Å². The van der Waals surface area contributed by atoms with Crippen LogP contribution >= 0.6 is 11.8 Å². The average Bonchev–Trinajstić information content (AvgIpc) is 2.05. The molecule has 0 aliphatic carbocycles. The first-order valence-electron chi connectivity index (χ1n) is 3.79. The van der Waals surface area contributed by atoms with Crippen molar-refractivity contribution in [3.8, 4) is 0 Å². The van der Waals surface area contributed by atoms with Gasteiger partial charge < -0.3 is 11.5 Å². The lowest BCUT2D eigenvalue weighted by Crippen LogP contribution is -2.45. The maximum Gasteiger partial charge on any atom is 0.224 e. The Morgan fingerprint density at radius 2 is 2.00 bits per heavy atom. The molecule has 1 aliphatic heterocycles. The van der Waals surface area contributed by atoms with E-state index in [1.165, 1.54) is 0 Å². The first-order valence-corrected chi connectivity index (χ1v) is 4.94. The van der Waals surface area contributed by atoms with Crippen LogP contribution in [-0.2, 0) is 4.79 Å². The Morgan fingerprint density at radius 1 is 1.45 bits per heavy atom. The van der Waals surface area contributed by atoms with E-state index in [4.69, 9.17) is 11.5 Å². The van der Waals surface area contributed by atoms with Gasteiger partial charge in [-0.15, -0.1) is 0 Å². The van der Waals surface area contributed by atoms with Crippen LogP contribution in [0, 0.1) is 5.41 Å². The summed E-state index contributed by atoms with van der Waals surface area (Å²) in [5.41, 5.74) is 10.4. The lowest BCUT2D eigenvalue weighted by atomic mass is 9.81. The van der Waals surface area contributed by atoms with E-state index in [9.17, 15) is 4.79 Å². The van der Waals surface area contributed by atoms with E-state index >= 15 is 0 Å². The van der Waals surface area contributed by atoms with Crippen LogP contribution in [0.1, 0.15) is 12.8 Å². The Labute approximate surface area is 70.9 Å². The van der Waals surface area contributed by atoms with E-state index in [1.54, 1.807) is 0 Å². The minimum Gasteiger partial charge on any atom is -0.369 e. The predicted molar refractivity (Wildman–Crippen MR) is 47.2 cm³/mol. The Kier molecular flexibility index (Phi) is 2.78. The minimum absolute atomic E-state index is 0.222. The zero-order valence-electron chi connectivity index (χ0n) is 6.51. The molecule has 0 aromatic heterocycles. The molecular formula is C7H14N2OS. The molecule has 1 amide bonds. The number of carbonyl (C=O) groups is 1. The SMILES string of the molecule is NCC1(C(N)=O)CCSCC1. The molecule has 0 saturated carbocycles. The van der Waals surface area contributed by atoms with E-state index < -0.39 is 0 Å². The van der Waals surface area contributed by atoms with Crippen LogP contribution < -0.4 is 11.5 Å². The number of amides is 1. The summed E-state index contributed by atoms with van der Waals surface area (Å²) in [5, 5.41) is 0. The monoisotopic (exact) mass is 174 g/mol. The van der Waals surface area contributed by atoms with Crippen LogP contribution in [0.3, 0.4) is 0 Å². The second-order valence-electron chi connectivity index (χ2n) is 2.96. The van der Waals surface area contributed by atoms with Crippen molar-refractivity contribution < 1.29 is 4.79 Å². The molecule has 4 heteroatoms. The number of hydrogen-bond acceptors (Lipinski definition) is 3. The third-order valence-corrected chi connectivity index (χ3v) is 3.35. The highest BCUT2D eigenvalue weighted by Crippen LogP contribution is 2.33. The summed E-state index contributed by atoms with van der Waals surface area (Å²) < 4.78 is 0. The maximum absolute atomic E-state index is 11.0. The van der Waals surface area contributed by atoms with Gasteiger partial charge >= 0.3 is 0 Å². The van der Waals surface area contributed by atoms with Crippen LogP contribution in [0.2, 0.25) is 0 Å². The Hall–Kier alpha value is -0.220. The molecule has 1 rings (SSSR count). The first-order chi connectivity index (χ1) is 5.21. The van der Waals surface area contributed by atoms with Crippen LogP contribution in [0.25, 0.3) is 0 Å². The summed E-state index contributed by atoms with van der Waals surface area (Å²) in [5.74, 6) is 1.81. The molecule has 4 N–H and O–H groups in total. The highest BCUT2D eigenvalue weighted by atomic mass is 32.2. The van der Waals surface area contributed by atoms with Gasteiger partial charge in [0.15, 0.2) is 0 Å². The summed E-state index contributed by atoms with van der Waals surface area (Å²) in [6, 6.07) is 0. The Morgan fingerprint density at radius 3 is 2.27 bits per heavy atom. The third kappa shape index (κ3) is 1.68. The molecule has 1 heterocycles. The van der Waals surface area contributed by atoms with Gasteiger partial charge in [0.25, 0.3) is 0 Å². The van der Waals surface area contributed by atoms with E-state index in [2.05, 4.69) is 0 Å². The van der Waals surface area contributed by atoms with Gasteiger partial charge in [-0.25, -0.2) is 0 Å². The van der Waals surface area contributed by atoms with Crippen molar-refractivity contribution in [3.05, 3.63) is 0 Å². The van der Waals surface area contributed by atoms with Gasteiger partial charge in [0.1, 0.15) is 0 Å². The summed E-state index contributed by atoms with van der Waals surface area (Å²) in [7, 11) is 0. The highest BCUT2D eigenvalue weighted by Gasteiger charge is 2.36. The van der Waals surface area contributed by atoms with Crippen LogP contribution in [-0.4, -0.2) is 24.0 Å². The third-order valence-electron chi connectivity index (χ3n) is 2.36. The maximum atomic E-state index is 11.0. The first kappa shape index (κ1) is 8.87.